The number of piperidine rings is 2. The molecular weight excluding hydrogens is 576 g/mol. The molecule has 3 atom stereocenters. The van der Waals surface area contributed by atoms with E-state index < -0.39 is 5.97 Å². The zero-order valence-corrected chi connectivity index (χ0v) is 27.3. The topological polar surface area (TPSA) is 80.1 Å². The van der Waals surface area contributed by atoms with Gasteiger partial charge in [-0.15, -0.1) is 0 Å². The first kappa shape index (κ1) is 30.8. The Balaban J connectivity index is 1.06. The number of methoxy groups -OCH3 is 2. The third kappa shape index (κ3) is 5.56. The Hall–Kier alpha value is -3.88. The average molecular weight is 623 g/mol. The molecule has 3 fully saturated rings. The second-order valence-corrected chi connectivity index (χ2v) is 13.6. The van der Waals surface area contributed by atoms with Crippen LogP contribution in [-0.4, -0.2) is 76.4 Å². The van der Waals surface area contributed by atoms with Crippen molar-refractivity contribution in [3.05, 3.63) is 89.2 Å². The molecule has 8 heteroatoms. The number of aromatic carboxylic acids is 1. The van der Waals surface area contributed by atoms with E-state index in [2.05, 4.69) is 75.9 Å². The molecule has 3 aliphatic heterocycles. The molecular formula is C38H46N4O4. The van der Waals surface area contributed by atoms with Crippen LogP contribution in [0.1, 0.15) is 78.3 Å². The van der Waals surface area contributed by atoms with Gasteiger partial charge in [0.15, 0.2) is 11.5 Å². The van der Waals surface area contributed by atoms with Crippen LogP contribution in [-0.2, 0) is 12.0 Å². The summed E-state index contributed by atoms with van der Waals surface area (Å²) in [5.74, 6) is 0.878. The highest BCUT2D eigenvalue weighted by Gasteiger charge is 2.44. The number of carbonyl (C=O) groups is 1. The third-order valence-corrected chi connectivity index (χ3v) is 11.3. The highest BCUT2D eigenvalue weighted by atomic mass is 16.5. The Kier molecular flexibility index (Phi) is 8.51. The minimum Gasteiger partial charge on any atom is -0.493 e. The maximum Gasteiger partial charge on any atom is 0.339 e. The van der Waals surface area contributed by atoms with Crippen LogP contribution in [0.15, 0.2) is 66.7 Å². The zero-order chi connectivity index (χ0) is 31.8. The maximum absolute atomic E-state index is 12.3. The van der Waals surface area contributed by atoms with Gasteiger partial charge < -0.3 is 19.1 Å². The SMILES string of the molecule is COc1ccc(CN2CCC(CCN3[C@@H]4CC[C@H]3C[C@@H](n3c(C)nc5ccccc53)C4)(c3ccccc3)CC2)c(C(=O)O)c1OC. The van der Waals surface area contributed by atoms with Crippen molar-refractivity contribution in [2.45, 2.75) is 82.0 Å². The number of benzene rings is 3. The molecule has 4 heterocycles. The van der Waals surface area contributed by atoms with Crippen LogP contribution in [0.25, 0.3) is 11.0 Å². The van der Waals surface area contributed by atoms with Crippen LogP contribution in [0.4, 0.5) is 0 Å². The predicted octanol–water partition coefficient (Wildman–Crippen LogP) is 6.85. The minimum absolute atomic E-state index is 0.110. The number of likely N-dealkylation sites (tertiary alicyclic amines) is 1. The van der Waals surface area contributed by atoms with E-state index in [1.165, 1.54) is 51.0 Å². The number of rotatable bonds is 10. The molecule has 0 spiro atoms. The fourth-order valence-electron chi connectivity index (χ4n) is 8.98. The molecule has 3 aromatic carbocycles. The summed E-state index contributed by atoms with van der Waals surface area (Å²) in [4.78, 5) is 22.4. The third-order valence-electron chi connectivity index (χ3n) is 11.3. The zero-order valence-electron chi connectivity index (χ0n) is 27.3. The van der Waals surface area contributed by atoms with Gasteiger partial charge in [0.05, 0.1) is 25.3 Å². The highest BCUT2D eigenvalue weighted by Crippen LogP contribution is 2.45. The number of carboxylic acid groups (broad SMARTS) is 1. The van der Waals surface area contributed by atoms with Crippen LogP contribution in [0.5, 0.6) is 11.5 Å². The summed E-state index contributed by atoms with van der Waals surface area (Å²) in [6.45, 7) is 5.71. The van der Waals surface area contributed by atoms with Crippen LogP contribution in [0.2, 0.25) is 0 Å². The summed E-state index contributed by atoms with van der Waals surface area (Å²) in [6, 6.07) is 25.1. The molecule has 8 nitrogen and oxygen atoms in total. The number of hydrogen-bond donors (Lipinski definition) is 1. The molecule has 46 heavy (non-hydrogen) atoms. The van der Waals surface area contributed by atoms with E-state index in [1.807, 2.05) is 12.1 Å². The molecule has 2 bridgehead atoms. The summed E-state index contributed by atoms with van der Waals surface area (Å²) in [6.07, 6.45) is 8.22. The van der Waals surface area contributed by atoms with Crippen molar-refractivity contribution in [3.63, 3.8) is 0 Å². The highest BCUT2D eigenvalue weighted by molar-refractivity contribution is 5.94. The average Bonchev–Trinajstić information content (AvgIpc) is 3.54. The molecule has 0 saturated carbocycles. The van der Waals surface area contributed by atoms with E-state index in [4.69, 9.17) is 14.5 Å². The van der Waals surface area contributed by atoms with Gasteiger partial charge in [-0.25, -0.2) is 9.78 Å². The van der Waals surface area contributed by atoms with Crippen LogP contribution in [0.3, 0.4) is 0 Å². The summed E-state index contributed by atoms with van der Waals surface area (Å²) in [5.41, 5.74) is 4.89. The summed E-state index contributed by atoms with van der Waals surface area (Å²) in [7, 11) is 3.03. The number of aromatic nitrogens is 2. The Bertz CT molecular complexity index is 1680. The van der Waals surface area contributed by atoms with Gasteiger partial charge in [-0.3, -0.25) is 9.80 Å². The first-order valence-corrected chi connectivity index (χ1v) is 16.8. The number of ether oxygens (including phenoxy) is 2. The van der Waals surface area contributed by atoms with Crippen molar-refractivity contribution >= 4 is 17.0 Å². The van der Waals surface area contributed by atoms with E-state index in [0.29, 0.717) is 30.4 Å². The number of imidazole rings is 1. The molecule has 0 amide bonds. The number of hydrogen-bond acceptors (Lipinski definition) is 6. The van der Waals surface area contributed by atoms with Crippen LogP contribution >= 0.6 is 0 Å². The van der Waals surface area contributed by atoms with Gasteiger partial charge >= 0.3 is 5.97 Å². The van der Waals surface area contributed by atoms with Crippen molar-refractivity contribution in [2.24, 2.45) is 0 Å². The van der Waals surface area contributed by atoms with Crippen molar-refractivity contribution in [2.75, 3.05) is 33.9 Å². The Morgan fingerprint density at radius 2 is 1.61 bits per heavy atom. The van der Waals surface area contributed by atoms with Crippen LogP contribution < -0.4 is 9.47 Å². The fraction of sp³-hybridized carbons (Fsp3) is 0.474. The number of aryl methyl sites for hydroxylation is 1. The number of para-hydroxylation sites is 2. The van der Waals surface area contributed by atoms with Gasteiger partial charge in [-0.1, -0.05) is 48.5 Å². The van der Waals surface area contributed by atoms with Crippen LogP contribution in [0, 0.1) is 6.92 Å². The molecule has 242 valence electrons. The monoisotopic (exact) mass is 622 g/mol. The Morgan fingerprint density at radius 1 is 0.913 bits per heavy atom. The summed E-state index contributed by atoms with van der Waals surface area (Å²) < 4.78 is 13.4. The lowest BCUT2D eigenvalue weighted by Crippen LogP contribution is -2.48. The summed E-state index contributed by atoms with van der Waals surface area (Å²) in [5, 5.41) is 10.1. The number of nitrogens with zero attached hydrogens (tertiary/aromatic N) is 4. The lowest BCUT2D eigenvalue weighted by atomic mass is 9.70. The molecule has 4 aromatic rings. The molecule has 0 aliphatic carbocycles. The molecule has 0 unspecified atom stereocenters. The lowest BCUT2D eigenvalue weighted by Gasteiger charge is -2.46. The molecule has 1 aromatic heterocycles. The molecule has 7 rings (SSSR count). The van der Waals surface area contributed by atoms with Gasteiger partial charge in [0.2, 0.25) is 0 Å². The van der Waals surface area contributed by atoms with Crippen molar-refractivity contribution < 1.29 is 19.4 Å². The largest absolute Gasteiger partial charge is 0.493 e. The normalized spacial score (nSPS) is 23.1. The van der Waals surface area contributed by atoms with Crippen molar-refractivity contribution in [3.8, 4) is 11.5 Å². The summed E-state index contributed by atoms with van der Waals surface area (Å²) >= 11 is 0. The van der Waals surface area contributed by atoms with Gasteiger partial charge in [0.25, 0.3) is 0 Å². The standard InChI is InChI=1S/C38H46N4O4/c1-26-39-32-11-7-8-12-33(32)42(26)31-23-29-14-15-30(24-31)41(29)22-19-38(28-9-5-4-6-10-28)17-20-40(21-18-38)25-27-13-16-34(45-2)36(46-3)35(27)37(43)44/h4-13,16,29-31H,14-15,17-25H2,1-3H3,(H,43,44)/t29-,30+,31+. The molecule has 0 radical (unpaired) electrons. The first-order valence-electron chi connectivity index (χ1n) is 16.8. The van der Waals surface area contributed by atoms with E-state index in [9.17, 15) is 9.90 Å². The van der Waals surface area contributed by atoms with E-state index >= 15 is 0 Å². The van der Waals surface area contributed by atoms with Crippen molar-refractivity contribution in [1.29, 1.82) is 0 Å². The van der Waals surface area contributed by atoms with Gasteiger partial charge in [-0.05, 0) is 106 Å². The van der Waals surface area contributed by atoms with Gasteiger partial charge in [0, 0.05) is 24.7 Å². The van der Waals surface area contributed by atoms with Crippen molar-refractivity contribution in [1.82, 2.24) is 19.4 Å². The number of fused-ring (bicyclic) bond motifs is 3. The van der Waals surface area contributed by atoms with Gasteiger partial charge in [-0.2, -0.15) is 0 Å². The predicted molar refractivity (Wildman–Crippen MR) is 180 cm³/mol. The molecule has 3 saturated heterocycles. The quantitative estimate of drug-likeness (QED) is 0.207. The van der Waals surface area contributed by atoms with E-state index in [-0.39, 0.29) is 16.7 Å². The van der Waals surface area contributed by atoms with Gasteiger partial charge in [0.1, 0.15) is 11.4 Å². The molecule has 3 aliphatic rings. The van der Waals surface area contributed by atoms with E-state index in [1.54, 1.807) is 0 Å². The Morgan fingerprint density at radius 3 is 2.28 bits per heavy atom. The second-order valence-electron chi connectivity index (χ2n) is 13.6. The van der Waals surface area contributed by atoms with E-state index in [0.717, 1.165) is 55.8 Å². The molecule has 1 N–H and O–H groups in total. The minimum atomic E-state index is -0.990. The lowest BCUT2D eigenvalue weighted by molar-refractivity contribution is 0.0685. The second kappa shape index (κ2) is 12.7. The first-order chi connectivity index (χ1) is 22.4. The number of carboxylic acids is 1. The fourth-order valence-corrected chi connectivity index (χ4v) is 8.98. The maximum atomic E-state index is 12.3. The smallest absolute Gasteiger partial charge is 0.339 e. The Labute approximate surface area is 271 Å².